The van der Waals surface area contributed by atoms with Gasteiger partial charge in [0, 0.05) is 38.3 Å². The number of nitrogens with zero attached hydrogens (tertiary/aromatic N) is 1. The van der Waals surface area contributed by atoms with Crippen LogP contribution in [0.25, 0.3) is 5.57 Å². The molecular formula is C46H77FN2O5S. The summed E-state index contributed by atoms with van der Waals surface area (Å²) in [7, 11) is -2.84. The topological polar surface area (TPSA) is 107 Å². The van der Waals surface area contributed by atoms with E-state index < -0.39 is 21.6 Å². The average Bonchev–Trinajstić information content (AvgIpc) is 3.59. The van der Waals surface area contributed by atoms with E-state index in [9.17, 15) is 22.7 Å². The quantitative estimate of drug-likeness (QED) is 0.241. The van der Waals surface area contributed by atoms with Crippen LogP contribution < -0.4 is 5.32 Å². The second-order valence-electron chi connectivity index (χ2n) is 18.2. The maximum atomic E-state index is 14.8. The highest BCUT2D eigenvalue weighted by atomic mass is 32.2. The molecule has 6 aliphatic rings. The van der Waals surface area contributed by atoms with Gasteiger partial charge in [-0.25, -0.2) is 17.6 Å². The van der Waals surface area contributed by atoms with E-state index in [1.165, 1.54) is 75.5 Å². The van der Waals surface area contributed by atoms with Gasteiger partial charge in [0.2, 0.25) is 0 Å². The van der Waals surface area contributed by atoms with Gasteiger partial charge in [0.05, 0.1) is 17.1 Å². The van der Waals surface area contributed by atoms with Crippen LogP contribution in [-0.2, 0) is 9.84 Å². The van der Waals surface area contributed by atoms with Crippen LogP contribution in [0, 0.1) is 51.7 Å². The lowest BCUT2D eigenvalue weighted by atomic mass is 9.37. The van der Waals surface area contributed by atoms with Crippen molar-refractivity contribution in [1.29, 1.82) is 0 Å². The van der Waals surface area contributed by atoms with E-state index >= 15 is 0 Å². The Morgan fingerprint density at radius 1 is 0.909 bits per heavy atom. The van der Waals surface area contributed by atoms with E-state index in [4.69, 9.17) is 5.11 Å². The first kappa shape index (κ1) is 45.9. The summed E-state index contributed by atoms with van der Waals surface area (Å²) >= 11 is 0. The van der Waals surface area contributed by atoms with Gasteiger partial charge in [0.1, 0.15) is 5.82 Å². The Balaban J connectivity index is 0.000000684. The number of unbranched alkanes of at least 4 members (excludes halogenated alkanes) is 1. The van der Waals surface area contributed by atoms with Crippen LogP contribution in [0.2, 0.25) is 0 Å². The van der Waals surface area contributed by atoms with E-state index in [1.54, 1.807) is 0 Å². The maximum absolute atomic E-state index is 14.8. The zero-order valence-corrected chi connectivity index (χ0v) is 36.8. The Bertz CT molecular complexity index is 1560. The number of fused-ring (bicyclic) bond motifs is 7. The third-order valence-corrected chi connectivity index (χ3v) is 17.1. The molecule has 0 radical (unpaired) electrons. The van der Waals surface area contributed by atoms with Gasteiger partial charge in [-0.2, -0.15) is 0 Å². The second-order valence-corrected chi connectivity index (χ2v) is 20.5. The van der Waals surface area contributed by atoms with E-state index in [2.05, 4.69) is 50.9 Å². The lowest BCUT2D eigenvalue weighted by Crippen LogP contribution is -2.63. The van der Waals surface area contributed by atoms with Crippen molar-refractivity contribution in [3.63, 3.8) is 0 Å². The maximum Gasteiger partial charge on any atom is 0.338 e. The molecule has 0 bridgehead atoms. The van der Waals surface area contributed by atoms with Crippen LogP contribution >= 0.6 is 0 Å². The molecule has 1 aromatic rings. The molecule has 5 aliphatic carbocycles. The zero-order valence-electron chi connectivity index (χ0n) is 36.0. The third-order valence-electron chi connectivity index (χ3n) is 15.5. The number of carboxylic acids is 1. The standard InChI is InChI=1S/C38H55FN2O4S.C4H10O.2C2H6/c1-35(2)28(25-7-8-27(34(42)43)31(39)24-25)11-15-37(4)32(35)13-16-36(3)29-12-17-38(14-5-6-30(38)26(29)9-10-33(36)37)40-18-19-41-20-22-46(44,45)23-21-41;1-2-3-4-5;2*1-2/h7-8,11,24,26,29-30,32-33,40H,5-6,9-10,12-23H2,1-4H3,(H,42,43);5H,2-4H2,1H3;2*1-2H3/t26-,29?,30+,32?,33?,36-,37-,38-;;;/m0.../s1. The largest absolute Gasteiger partial charge is 0.478 e. The molecule has 1 saturated heterocycles. The molecule has 1 heterocycles. The first-order valence-electron chi connectivity index (χ1n) is 22.1. The first-order valence-corrected chi connectivity index (χ1v) is 24.0. The highest BCUT2D eigenvalue weighted by Gasteiger charge is 2.65. The number of aliphatic hydroxyl groups excluding tert-OH is 1. The molecule has 0 amide bonds. The molecule has 1 aromatic carbocycles. The fraction of sp³-hybridized carbons (Fsp3) is 0.804. The van der Waals surface area contributed by atoms with Crippen LogP contribution in [0.3, 0.4) is 0 Å². The number of rotatable bonds is 8. The van der Waals surface area contributed by atoms with E-state index in [1.807, 2.05) is 33.8 Å². The summed E-state index contributed by atoms with van der Waals surface area (Å²) in [6.07, 6.45) is 17.0. The fourth-order valence-corrected chi connectivity index (χ4v) is 14.3. The van der Waals surface area contributed by atoms with Crippen molar-refractivity contribution in [3.05, 3.63) is 41.2 Å². The molecule has 5 fully saturated rings. The van der Waals surface area contributed by atoms with Crippen LogP contribution in [0.1, 0.15) is 155 Å². The Hall–Kier alpha value is -1.81. The number of aromatic carboxylic acids is 1. The van der Waals surface area contributed by atoms with Gasteiger partial charge in [-0.1, -0.05) is 87.3 Å². The van der Waals surface area contributed by atoms with Gasteiger partial charge in [0.25, 0.3) is 0 Å². The summed E-state index contributed by atoms with van der Waals surface area (Å²) in [5, 5.41) is 21.6. The molecule has 3 N–H and O–H groups in total. The number of allylic oxidation sites excluding steroid dienone is 2. The van der Waals surface area contributed by atoms with Crippen LogP contribution in [0.5, 0.6) is 0 Å². The van der Waals surface area contributed by atoms with Gasteiger partial charge < -0.3 is 20.4 Å². The molecule has 0 spiro atoms. The van der Waals surface area contributed by atoms with Crippen molar-refractivity contribution < 1.29 is 27.8 Å². The highest BCUT2D eigenvalue weighted by molar-refractivity contribution is 7.91. The Labute approximate surface area is 334 Å². The number of carboxylic acid groups (broad SMARTS) is 1. The molecule has 8 atom stereocenters. The van der Waals surface area contributed by atoms with Crippen molar-refractivity contribution in [2.24, 2.45) is 45.8 Å². The predicted molar refractivity (Wildman–Crippen MR) is 225 cm³/mol. The molecule has 314 valence electrons. The first-order chi connectivity index (χ1) is 26.1. The van der Waals surface area contributed by atoms with Crippen molar-refractivity contribution >= 4 is 21.4 Å². The molecule has 1 aliphatic heterocycles. The number of halogens is 1. The zero-order chi connectivity index (χ0) is 40.8. The summed E-state index contributed by atoms with van der Waals surface area (Å²) in [6, 6.07) is 4.68. The number of aliphatic hydroxyl groups is 1. The van der Waals surface area contributed by atoms with E-state index in [0.29, 0.717) is 48.5 Å². The Kier molecular flexibility index (Phi) is 15.7. The minimum Gasteiger partial charge on any atom is -0.478 e. The molecule has 9 heteroatoms. The van der Waals surface area contributed by atoms with Gasteiger partial charge in [0.15, 0.2) is 9.84 Å². The number of nitrogens with one attached hydrogen (secondary N) is 1. The van der Waals surface area contributed by atoms with Crippen molar-refractivity contribution in [3.8, 4) is 0 Å². The van der Waals surface area contributed by atoms with Gasteiger partial charge in [-0.15, -0.1) is 0 Å². The van der Waals surface area contributed by atoms with Crippen LogP contribution in [0.15, 0.2) is 24.3 Å². The van der Waals surface area contributed by atoms with Gasteiger partial charge in [-0.05, 0) is 133 Å². The summed E-state index contributed by atoms with van der Waals surface area (Å²) in [5.41, 5.74) is 2.39. The number of sulfone groups is 1. The van der Waals surface area contributed by atoms with E-state index in [0.717, 1.165) is 55.7 Å². The molecule has 7 nitrogen and oxygen atoms in total. The minimum atomic E-state index is -2.84. The van der Waals surface area contributed by atoms with Crippen molar-refractivity contribution in [2.75, 3.05) is 44.3 Å². The van der Waals surface area contributed by atoms with Gasteiger partial charge >= 0.3 is 5.97 Å². The predicted octanol–water partition coefficient (Wildman–Crippen LogP) is 9.89. The summed E-state index contributed by atoms with van der Waals surface area (Å²) in [5.74, 6) is 2.19. The Morgan fingerprint density at radius 2 is 1.60 bits per heavy atom. The van der Waals surface area contributed by atoms with Crippen LogP contribution in [-0.4, -0.2) is 79.3 Å². The van der Waals surface area contributed by atoms with E-state index in [-0.39, 0.29) is 21.9 Å². The van der Waals surface area contributed by atoms with Crippen LogP contribution in [0.4, 0.5) is 4.39 Å². The van der Waals surface area contributed by atoms with Crippen molar-refractivity contribution in [1.82, 2.24) is 10.2 Å². The SMILES string of the molecule is CC.CC.CC1(C)C(c2ccc(C(=O)O)c(F)c2)=CC[C@@]2(C)C1CC[C@@]1(C)C3CC[C@@]4(NCCN5CCS(=O)(=O)CC5)CCC[C@@H]4[C@H]3CCC12.CCCCO. The third kappa shape index (κ3) is 9.10. The molecule has 7 rings (SSSR count). The lowest BCUT2D eigenvalue weighted by Gasteiger charge is -2.68. The monoisotopic (exact) mass is 789 g/mol. The average molecular weight is 789 g/mol. The smallest absolute Gasteiger partial charge is 0.338 e. The molecule has 0 aromatic heterocycles. The number of benzene rings is 1. The fourth-order valence-electron chi connectivity index (χ4n) is 13.1. The van der Waals surface area contributed by atoms with Crippen molar-refractivity contribution in [2.45, 2.75) is 145 Å². The molecular weight excluding hydrogens is 712 g/mol. The summed E-state index contributed by atoms with van der Waals surface area (Å²) in [6.45, 7) is 23.6. The number of carbonyl (C=O) groups is 1. The minimum absolute atomic E-state index is 0.127. The summed E-state index contributed by atoms with van der Waals surface area (Å²) < 4.78 is 38.6. The Morgan fingerprint density at radius 3 is 2.20 bits per heavy atom. The number of hydrogen-bond donors (Lipinski definition) is 3. The molecule has 3 unspecified atom stereocenters. The second kappa shape index (κ2) is 18.8. The number of hydrogen-bond acceptors (Lipinski definition) is 6. The molecule has 55 heavy (non-hydrogen) atoms. The highest BCUT2D eigenvalue weighted by Crippen LogP contribution is 2.72. The summed E-state index contributed by atoms with van der Waals surface area (Å²) in [4.78, 5) is 13.8. The van der Waals surface area contributed by atoms with Gasteiger partial charge in [-0.3, -0.25) is 0 Å². The lowest BCUT2D eigenvalue weighted by molar-refractivity contribution is -0.172. The normalized spacial score (nSPS) is 35.6. The molecule has 4 saturated carbocycles.